The lowest BCUT2D eigenvalue weighted by Crippen LogP contribution is -2.51. The fourth-order valence-electron chi connectivity index (χ4n) is 2.90. The summed E-state index contributed by atoms with van der Waals surface area (Å²) in [4.78, 5) is 25.5. The van der Waals surface area contributed by atoms with Gasteiger partial charge < -0.3 is 19.5 Å². The zero-order chi connectivity index (χ0) is 19.4. The van der Waals surface area contributed by atoms with Crippen molar-refractivity contribution in [3.05, 3.63) is 64.7 Å². The fraction of sp³-hybridized carbons (Fsp3) is 0.300. The van der Waals surface area contributed by atoms with Crippen LogP contribution in [-0.2, 0) is 16.1 Å². The number of ether oxygens (including phenoxy) is 2. The second kappa shape index (κ2) is 8.41. The largest absolute Gasteiger partial charge is 0.489 e. The summed E-state index contributed by atoms with van der Waals surface area (Å²) < 4.78 is 11.1. The Morgan fingerprint density at radius 3 is 2.67 bits per heavy atom. The lowest BCUT2D eigenvalue weighted by Gasteiger charge is -2.35. The smallest absolute Gasteiger partial charge is 0.334 e. The van der Waals surface area contributed by atoms with E-state index in [9.17, 15) is 14.7 Å². The van der Waals surface area contributed by atoms with Gasteiger partial charge in [0.25, 0.3) is 5.91 Å². The Hall–Kier alpha value is -2.57. The number of carboxylic acid groups (broad SMARTS) is 1. The maximum atomic E-state index is 12.8. The Kier molecular flexibility index (Phi) is 5.98. The second-order valence-corrected chi connectivity index (χ2v) is 6.86. The minimum atomic E-state index is -1.07. The Bertz CT molecular complexity index is 823. The molecular weight excluding hydrogens is 370 g/mol. The first-order valence-electron chi connectivity index (χ1n) is 8.57. The average Bonchev–Trinajstić information content (AvgIpc) is 2.66. The highest BCUT2D eigenvalue weighted by Crippen LogP contribution is 2.20. The zero-order valence-electron chi connectivity index (χ0n) is 14.8. The van der Waals surface area contributed by atoms with E-state index < -0.39 is 12.1 Å². The first-order chi connectivity index (χ1) is 12.9. The molecule has 1 unspecified atom stereocenters. The maximum Gasteiger partial charge on any atom is 0.334 e. The van der Waals surface area contributed by atoms with Crippen LogP contribution in [0.4, 0.5) is 0 Å². The molecule has 1 fully saturated rings. The number of hydrogen-bond acceptors (Lipinski definition) is 4. The summed E-state index contributed by atoms with van der Waals surface area (Å²) in [6.07, 6.45) is -1.35. The average molecular weight is 390 g/mol. The molecule has 1 amide bonds. The molecule has 2 aromatic rings. The van der Waals surface area contributed by atoms with Crippen molar-refractivity contribution in [2.45, 2.75) is 25.7 Å². The molecule has 0 bridgehead atoms. The van der Waals surface area contributed by atoms with Crippen LogP contribution >= 0.6 is 11.6 Å². The molecule has 0 aromatic heterocycles. The van der Waals surface area contributed by atoms with Crippen molar-refractivity contribution >= 4 is 23.5 Å². The summed E-state index contributed by atoms with van der Waals surface area (Å²) in [7, 11) is 0. The third kappa shape index (κ3) is 4.99. The van der Waals surface area contributed by atoms with Gasteiger partial charge in [0.05, 0.1) is 12.6 Å². The third-order valence-corrected chi connectivity index (χ3v) is 4.47. The normalized spacial score (nSPS) is 19.6. The molecule has 0 radical (unpaired) electrons. The molecule has 3 rings (SSSR count). The molecule has 7 heteroatoms. The van der Waals surface area contributed by atoms with Crippen molar-refractivity contribution in [3.63, 3.8) is 0 Å². The van der Waals surface area contributed by atoms with E-state index in [1.165, 1.54) is 4.90 Å². The Morgan fingerprint density at radius 2 is 1.96 bits per heavy atom. The van der Waals surface area contributed by atoms with Gasteiger partial charge in [0.2, 0.25) is 0 Å². The van der Waals surface area contributed by atoms with E-state index in [1.807, 2.05) is 12.1 Å². The number of aliphatic carboxylic acids is 1. The van der Waals surface area contributed by atoms with Crippen LogP contribution in [0.25, 0.3) is 0 Å². The molecule has 0 spiro atoms. The van der Waals surface area contributed by atoms with Crippen molar-refractivity contribution in [3.8, 4) is 5.75 Å². The van der Waals surface area contributed by atoms with E-state index in [1.54, 1.807) is 43.3 Å². The number of amides is 1. The number of rotatable bonds is 5. The highest BCUT2D eigenvalue weighted by Gasteiger charge is 2.33. The first-order valence-corrected chi connectivity index (χ1v) is 8.95. The number of morpholine rings is 1. The van der Waals surface area contributed by atoms with E-state index in [0.29, 0.717) is 29.5 Å². The van der Waals surface area contributed by atoms with Crippen LogP contribution in [0.5, 0.6) is 5.75 Å². The van der Waals surface area contributed by atoms with Gasteiger partial charge >= 0.3 is 5.97 Å². The van der Waals surface area contributed by atoms with E-state index in [-0.39, 0.29) is 18.6 Å². The molecule has 1 aliphatic rings. The Morgan fingerprint density at radius 1 is 1.22 bits per heavy atom. The van der Waals surface area contributed by atoms with Gasteiger partial charge in [-0.25, -0.2) is 4.79 Å². The highest BCUT2D eigenvalue weighted by molar-refractivity contribution is 6.30. The summed E-state index contributed by atoms with van der Waals surface area (Å²) in [5, 5.41) is 9.83. The van der Waals surface area contributed by atoms with Gasteiger partial charge in [0.1, 0.15) is 12.4 Å². The van der Waals surface area contributed by atoms with Gasteiger partial charge in [0.15, 0.2) is 6.10 Å². The molecule has 6 nitrogen and oxygen atoms in total. The number of carbonyl (C=O) groups is 2. The number of benzene rings is 2. The highest BCUT2D eigenvalue weighted by atomic mass is 35.5. The Labute approximate surface area is 162 Å². The molecule has 1 N–H and O–H groups in total. The summed E-state index contributed by atoms with van der Waals surface area (Å²) in [6, 6.07) is 14.2. The number of carbonyl (C=O) groups excluding carboxylic acids is 1. The van der Waals surface area contributed by atoms with Gasteiger partial charge in [0, 0.05) is 17.1 Å². The lowest BCUT2D eigenvalue weighted by molar-refractivity contribution is -0.160. The van der Waals surface area contributed by atoms with Crippen molar-refractivity contribution < 1.29 is 24.2 Å². The number of carboxylic acids is 1. The summed E-state index contributed by atoms with van der Waals surface area (Å²) in [5.41, 5.74) is 1.41. The van der Waals surface area contributed by atoms with E-state index in [0.717, 1.165) is 5.56 Å². The van der Waals surface area contributed by atoms with Crippen LogP contribution in [0.15, 0.2) is 48.5 Å². The van der Waals surface area contributed by atoms with E-state index >= 15 is 0 Å². The first kappa shape index (κ1) is 19.2. The summed E-state index contributed by atoms with van der Waals surface area (Å²) in [6.45, 7) is 2.47. The Balaban J connectivity index is 1.67. The van der Waals surface area contributed by atoms with Gasteiger partial charge in [-0.05, 0) is 42.8 Å². The quantitative estimate of drug-likeness (QED) is 0.849. The molecule has 2 atom stereocenters. The molecule has 1 heterocycles. The van der Waals surface area contributed by atoms with Crippen LogP contribution in [0.1, 0.15) is 22.8 Å². The SMILES string of the molecule is C[C@@H]1CN(C(=O)c2cccc(OCc3ccc(Cl)cc3)c2)CC(C(=O)O)O1. The standard InChI is InChI=1S/C20H20ClNO5/c1-13-10-22(11-18(27-13)20(24)25)19(23)15-3-2-4-17(9-15)26-12-14-5-7-16(21)8-6-14/h2-9,13,18H,10-12H2,1H3,(H,24,25)/t13-,18?/m1/s1. The number of halogens is 1. The maximum absolute atomic E-state index is 12.8. The predicted molar refractivity (Wildman–Crippen MR) is 100 cm³/mol. The summed E-state index contributed by atoms with van der Waals surface area (Å²) in [5.74, 6) is -0.750. The molecule has 0 saturated carbocycles. The van der Waals surface area contributed by atoms with Gasteiger partial charge in [-0.3, -0.25) is 4.79 Å². The topological polar surface area (TPSA) is 76.1 Å². The second-order valence-electron chi connectivity index (χ2n) is 6.43. The number of nitrogens with zero attached hydrogens (tertiary/aromatic N) is 1. The van der Waals surface area contributed by atoms with E-state index in [4.69, 9.17) is 21.1 Å². The zero-order valence-corrected chi connectivity index (χ0v) is 15.6. The van der Waals surface area contributed by atoms with Crippen LogP contribution in [0, 0.1) is 0 Å². The lowest BCUT2D eigenvalue weighted by atomic mass is 10.1. The molecular formula is C20H20ClNO5. The molecule has 2 aromatic carbocycles. The van der Waals surface area contributed by atoms with Crippen molar-refractivity contribution in [1.29, 1.82) is 0 Å². The molecule has 0 aliphatic carbocycles. The minimum Gasteiger partial charge on any atom is -0.489 e. The summed E-state index contributed by atoms with van der Waals surface area (Å²) >= 11 is 5.87. The molecule has 142 valence electrons. The van der Waals surface area contributed by atoms with E-state index in [2.05, 4.69) is 0 Å². The minimum absolute atomic E-state index is 0.0222. The predicted octanol–water partition coefficient (Wildman–Crippen LogP) is 3.23. The third-order valence-electron chi connectivity index (χ3n) is 4.22. The fourth-order valence-corrected chi connectivity index (χ4v) is 3.03. The van der Waals surface area contributed by atoms with Crippen LogP contribution in [-0.4, -0.2) is 47.2 Å². The van der Waals surface area contributed by atoms with Crippen molar-refractivity contribution in [2.24, 2.45) is 0 Å². The number of hydrogen-bond donors (Lipinski definition) is 1. The molecule has 27 heavy (non-hydrogen) atoms. The molecule has 1 aliphatic heterocycles. The van der Waals surface area contributed by atoms with Crippen LogP contribution in [0.3, 0.4) is 0 Å². The monoisotopic (exact) mass is 389 g/mol. The van der Waals surface area contributed by atoms with Crippen molar-refractivity contribution in [2.75, 3.05) is 13.1 Å². The van der Waals surface area contributed by atoms with Gasteiger partial charge in [-0.2, -0.15) is 0 Å². The van der Waals surface area contributed by atoms with Gasteiger partial charge in [-0.15, -0.1) is 0 Å². The molecule has 1 saturated heterocycles. The van der Waals surface area contributed by atoms with Crippen molar-refractivity contribution in [1.82, 2.24) is 4.90 Å². The van der Waals surface area contributed by atoms with Gasteiger partial charge in [-0.1, -0.05) is 29.8 Å². The van der Waals surface area contributed by atoms with Crippen LogP contribution < -0.4 is 4.74 Å². The van der Waals surface area contributed by atoms with Crippen LogP contribution in [0.2, 0.25) is 5.02 Å².